The number of hydrogen-bond acceptors (Lipinski definition) is 1. The molecule has 0 saturated heterocycles. The van der Waals surface area contributed by atoms with E-state index in [1.54, 1.807) is 0 Å². The fraction of sp³-hybridized carbons (Fsp3) is 0.389. The van der Waals surface area contributed by atoms with Crippen LogP contribution >= 0.6 is 0 Å². The smallest absolute Gasteiger partial charge is 0.330 e. The standard InChI is InChI=1S/C10H18O2.C8H8/c1-3-4-5-6-7-8-9(2)10(11)12;1-2-8-6-4-3-5-7-8/h2-8H2,1H3,(H,11,12);2-7H,1H2. The zero-order valence-corrected chi connectivity index (χ0v) is 12.5. The number of benzene rings is 1. The Morgan fingerprint density at radius 2 is 1.75 bits per heavy atom. The lowest BCUT2D eigenvalue weighted by molar-refractivity contribution is -0.132. The van der Waals surface area contributed by atoms with Gasteiger partial charge in [0.2, 0.25) is 0 Å². The molecule has 1 aromatic rings. The van der Waals surface area contributed by atoms with Crippen LogP contribution in [0.5, 0.6) is 0 Å². The van der Waals surface area contributed by atoms with E-state index in [1.165, 1.54) is 24.8 Å². The molecule has 110 valence electrons. The average molecular weight is 274 g/mol. The third-order valence-electron chi connectivity index (χ3n) is 2.92. The quantitative estimate of drug-likeness (QED) is 0.514. The summed E-state index contributed by atoms with van der Waals surface area (Å²) in [5, 5.41) is 8.49. The SMILES string of the molecule is C=C(CCCCCCC)C(=O)O.C=Cc1ccccc1. The highest BCUT2D eigenvalue weighted by Gasteiger charge is 2.01. The second-order valence-electron chi connectivity index (χ2n) is 4.69. The van der Waals surface area contributed by atoms with Crippen molar-refractivity contribution in [3.05, 3.63) is 54.6 Å². The third-order valence-corrected chi connectivity index (χ3v) is 2.92. The second-order valence-corrected chi connectivity index (χ2v) is 4.69. The molecule has 2 heteroatoms. The first kappa shape index (κ1) is 18.2. The molecule has 0 heterocycles. The van der Waals surface area contributed by atoms with Crippen LogP contribution in [0.3, 0.4) is 0 Å². The molecule has 0 bridgehead atoms. The lowest BCUT2D eigenvalue weighted by atomic mass is 10.1. The zero-order chi connectivity index (χ0) is 15.2. The van der Waals surface area contributed by atoms with Gasteiger partial charge in [-0.05, 0) is 18.4 Å². The van der Waals surface area contributed by atoms with Crippen molar-refractivity contribution in [2.45, 2.75) is 45.4 Å². The Labute approximate surface area is 122 Å². The molecule has 0 radical (unpaired) electrons. The summed E-state index contributed by atoms with van der Waals surface area (Å²) in [5.41, 5.74) is 1.51. The maximum absolute atomic E-state index is 10.3. The number of carboxylic acids is 1. The van der Waals surface area contributed by atoms with E-state index in [4.69, 9.17) is 5.11 Å². The van der Waals surface area contributed by atoms with Crippen LogP contribution in [0.4, 0.5) is 0 Å². The van der Waals surface area contributed by atoms with Crippen molar-refractivity contribution in [2.24, 2.45) is 0 Å². The molecule has 0 aliphatic carbocycles. The maximum atomic E-state index is 10.3. The molecule has 0 fully saturated rings. The molecule has 0 aromatic heterocycles. The number of unbranched alkanes of at least 4 members (excludes halogenated alkanes) is 4. The van der Waals surface area contributed by atoms with E-state index in [-0.39, 0.29) is 0 Å². The lowest BCUT2D eigenvalue weighted by Gasteiger charge is -1.99. The molecule has 1 N–H and O–H groups in total. The Bertz CT molecular complexity index is 393. The number of carboxylic acid groups (broad SMARTS) is 1. The average Bonchev–Trinajstić information content (AvgIpc) is 2.48. The minimum Gasteiger partial charge on any atom is -0.478 e. The van der Waals surface area contributed by atoms with Gasteiger partial charge in [-0.15, -0.1) is 0 Å². The van der Waals surface area contributed by atoms with Gasteiger partial charge in [-0.2, -0.15) is 0 Å². The van der Waals surface area contributed by atoms with Gasteiger partial charge in [0.15, 0.2) is 0 Å². The number of aliphatic carboxylic acids is 1. The maximum Gasteiger partial charge on any atom is 0.330 e. The molecule has 0 aliphatic heterocycles. The topological polar surface area (TPSA) is 37.3 Å². The van der Waals surface area contributed by atoms with Crippen molar-refractivity contribution in [3.8, 4) is 0 Å². The van der Waals surface area contributed by atoms with Gasteiger partial charge < -0.3 is 5.11 Å². The first-order valence-electron chi connectivity index (χ1n) is 7.20. The minimum absolute atomic E-state index is 0.339. The van der Waals surface area contributed by atoms with Crippen LogP contribution in [0.15, 0.2) is 49.1 Å². The van der Waals surface area contributed by atoms with Crippen LogP contribution in [0, 0.1) is 0 Å². The van der Waals surface area contributed by atoms with Crippen LogP contribution in [0.25, 0.3) is 6.08 Å². The fourth-order valence-electron chi connectivity index (χ4n) is 1.64. The summed E-state index contributed by atoms with van der Waals surface area (Å²) in [7, 11) is 0. The van der Waals surface area contributed by atoms with Gasteiger partial charge in [-0.3, -0.25) is 0 Å². The zero-order valence-electron chi connectivity index (χ0n) is 12.5. The predicted molar refractivity (Wildman–Crippen MR) is 86.7 cm³/mol. The first-order chi connectivity index (χ1) is 9.61. The molecule has 0 saturated carbocycles. The van der Waals surface area contributed by atoms with Gasteiger partial charge in [0.25, 0.3) is 0 Å². The second kappa shape index (κ2) is 12.2. The molecule has 0 amide bonds. The predicted octanol–water partition coefficient (Wildman–Crippen LogP) is 5.32. The molecule has 0 atom stereocenters. The minimum atomic E-state index is -0.856. The van der Waals surface area contributed by atoms with Gasteiger partial charge in [0, 0.05) is 5.57 Å². The summed E-state index contributed by atoms with van der Waals surface area (Å²) in [4.78, 5) is 10.3. The van der Waals surface area contributed by atoms with Gasteiger partial charge in [-0.1, -0.05) is 82.2 Å². The Kier molecular flexibility index (Phi) is 11.1. The molecule has 1 aromatic carbocycles. The Morgan fingerprint density at radius 1 is 1.15 bits per heavy atom. The van der Waals surface area contributed by atoms with E-state index in [9.17, 15) is 4.79 Å². The highest BCUT2D eigenvalue weighted by molar-refractivity contribution is 5.85. The van der Waals surface area contributed by atoms with Crippen LogP contribution in [0.1, 0.15) is 51.0 Å². The van der Waals surface area contributed by atoms with Crippen molar-refractivity contribution in [2.75, 3.05) is 0 Å². The normalized spacial score (nSPS) is 9.25. The van der Waals surface area contributed by atoms with Crippen LogP contribution in [0.2, 0.25) is 0 Å². The number of carbonyl (C=O) groups is 1. The van der Waals surface area contributed by atoms with E-state index in [1.807, 2.05) is 36.4 Å². The summed E-state index contributed by atoms with van der Waals surface area (Å²) in [6, 6.07) is 10.0. The Morgan fingerprint density at radius 3 is 2.20 bits per heavy atom. The van der Waals surface area contributed by atoms with E-state index in [0.29, 0.717) is 12.0 Å². The third kappa shape index (κ3) is 10.1. The van der Waals surface area contributed by atoms with Crippen LogP contribution in [-0.2, 0) is 4.79 Å². The highest BCUT2D eigenvalue weighted by Crippen LogP contribution is 2.09. The van der Waals surface area contributed by atoms with Gasteiger partial charge in [0.05, 0.1) is 0 Å². The summed E-state index contributed by atoms with van der Waals surface area (Å²) >= 11 is 0. The molecule has 0 unspecified atom stereocenters. The molecule has 1 rings (SSSR count). The monoisotopic (exact) mass is 274 g/mol. The molecule has 0 aliphatic rings. The van der Waals surface area contributed by atoms with Crippen LogP contribution < -0.4 is 0 Å². The lowest BCUT2D eigenvalue weighted by Crippen LogP contribution is -1.98. The van der Waals surface area contributed by atoms with Gasteiger partial charge in [0.1, 0.15) is 0 Å². The highest BCUT2D eigenvalue weighted by atomic mass is 16.4. The van der Waals surface area contributed by atoms with Crippen molar-refractivity contribution in [1.29, 1.82) is 0 Å². The number of rotatable bonds is 8. The van der Waals surface area contributed by atoms with Crippen molar-refractivity contribution >= 4 is 12.0 Å². The molecular weight excluding hydrogens is 248 g/mol. The van der Waals surface area contributed by atoms with Crippen molar-refractivity contribution in [1.82, 2.24) is 0 Å². The van der Waals surface area contributed by atoms with Gasteiger partial charge in [-0.25, -0.2) is 4.79 Å². The van der Waals surface area contributed by atoms with E-state index in [2.05, 4.69) is 20.1 Å². The van der Waals surface area contributed by atoms with E-state index in [0.717, 1.165) is 12.8 Å². The Balaban J connectivity index is 0.000000388. The van der Waals surface area contributed by atoms with Crippen molar-refractivity contribution in [3.63, 3.8) is 0 Å². The summed E-state index contributed by atoms with van der Waals surface area (Å²) < 4.78 is 0. The molecule has 0 spiro atoms. The molecule has 2 nitrogen and oxygen atoms in total. The van der Waals surface area contributed by atoms with E-state index >= 15 is 0 Å². The van der Waals surface area contributed by atoms with Crippen LogP contribution in [-0.4, -0.2) is 11.1 Å². The van der Waals surface area contributed by atoms with E-state index < -0.39 is 5.97 Å². The summed E-state index contributed by atoms with van der Waals surface area (Å²) in [6.45, 7) is 9.27. The summed E-state index contributed by atoms with van der Waals surface area (Å²) in [6.07, 6.45) is 8.24. The molecular formula is C18H26O2. The summed E-state index contributed by atoms with van der Waals surface area (Å²) in [5.74, 6) is -0.856. The first-order valence-corrected chi connectivity index (χ1v) is 7.20. The largest absolute Gasteiger partial charge is 0.478 e. The molecule has 20 heavy (non-hydrogen) atoms. The fourth-order valence-corrected chi connectivity index (χ4v) is 1.64. The Hall–Kier alpha value is -1.83. The van der Waals surface area contributed by atoms with Gasteiger partial charge >= 0.3 is 5.97 Å². The number of hydrogen-bond donors (Lipinski definition) is 1. The van der Waals surface area contributed by atoms with Crippen molar-refractivity contribution < 1.29 is 9.90 Å².